The monoisotopic (exact) mass is 528 g/mol. The van der Waals surface area contributed by atoms with Crippen LogP contribution in [0.2, 0.25) is 0 Å². The average Bonchev–Trinajstić information content (AvgIpc) is 3.23. The van der Waals surface area contributed by atoms with Crippen molar-refractivity contribution in [3.63, 3.8) is 0 Å². The highest BCUT2D eigenvalue weighted by Gasteiger charge is 2.41. The normalized spacial score (nSPS) is 14.4. The Kier molecular flexibility index (Phi) is 6.34. The Morgan fingerprint density at radius 3 is 2.42 bits per heavy atom. The predicted octanol–water partition coefficient (Wildman–Crippen LogP) is 6.06. The van der Waals surface area contributed by atoms with E-state index in [4.69, 9.17) is 6.57 Å². The number of nitrogens with one attached hydrogen (secondary N) is 1. The molecule has 0 saturated heterocycles. The van der Waals surface area contributed by atoms with E-state index in [2.05, 4.69) is 25.1 Å². The van der Waals surface area contributed by atoms with E-state index >= 15 is 0 Å². The maximum Gasteiger partial charge on any atom is 0.434 e. The molecule has 0 saturated carbocycles. The Bertz CT molecular complexity index is 1310. The first-order chi connectivity index (χ1) is 16.7. The van der Waals surface area contributed by atoms with Crippen molar-refractivity contribution in [3.8, 4) is 0 Å². The van der Waals surface area contributed by atoms with Gasteiger partial charge in [-0.2, -0.15) is 26.3 Å². The molecule has 36 heavy (non-hydrogen) atoms. The average molecular weight is 528 g/mol. The van der Waals surface area contributed by atoms with E-state index in [1.807, 2.05) is 0 Å². The fraction of sp³-hybridized carbons (Fsp3) is 0.364. The Morgan fingerprint density at radius 2 is 1.83 bits per heavy atom. The highest BCUT2D eigenvalue weighted by molar-refractivity contribution is 7.16. The van der Waals surface area contributed by atoms with Crippen molar-refractivity contribution in [3.05, 3.63) is 63.3 Å². The molecule has 0 bridgehead atoms. The van der Waals surface area contributed by atoms with E-state index < -0.39 is 34.9 Å². The number of halogens is 6. The lowest BCUT2D eigenvalue weighted by molar-refractivity contribution is -0.143. The van der Waals surface area contributed by atoms with E-state index in [9.17, 15) is 31.4 Å². The summed E-state index contributed by atoms with van der Waals surface area (Å²) < 4.78 is 80.5. The van der Waals surface area contributed by atoms with Crippen molar-refractivity contribution in [2.24, 2.45) is 0 Å². The number of anilines is 3. The van der Waals surface area contributed by atoms with Gasteiger partial charge in [0, 0.05) is 17.8 Å². The SMILES string of the molecule is [C-]#[N+]c1ccc(N2CCc3c(ncnc3Nc3nc(C(F)(F)F)c(C(C)(C)O)s3)C2)cc1C(F)(F)F. The number of nitrogens with zero attached hydrogens (tertiary/aromatic N) is 5. The van der Waals surface area contributed by atoms with Crippen molar-refractivity contribution in [1.29, 1.82) is 0 Å². The summed E-state index contributed by atoms with van der Waals surface area (Å²) in [5, 5.41) is 12.8. The maximum absolute atomic E-state index is 13.4. The standard InChI is InChI=1S/C22H18F6N6OS/c1-20(2,35)17-16(22(26,27)28)32-19(36-17)33-18-12-6-7-34(9-15(12)30-10-31-18)11-4-5-14(29-3)13(8-11)21(23,24)25/h4-5,8,10,35H,6-7,9H2,1-2H3,(H,30,31,32,33). The Hall–Kier alpha value is -3.44. The van der Waals surface area contributed by atoms with Crippen molar-refractivity contribution < 1.29 is 31.4 Å². The second-order valence-corrected chi connectivity index (χ2v) is 9.51. The smallest absolute Gasteiger partial charge is 0.385 e. The third-order valence-corrected chi connectivity index (χ3v) is 6.74. The minimum atomic E-state index is -4.77. The second-order valence-electron chi connectivity index (χ2n) is 8.51. The van der Waals surface area contributed by atoms with E-state index in [0.717, 1.165) is 12.1 Å². The molecule has 0 fully saturated rings. The van der Waals surface area contributed by atoms with Crippen LogP contribution in [-0.2, 0) is 30.9 Å². The largest absolute Gasteiger partial charge is 0.434 e. The molecule has 14 heteroatoms. The topological polar surface area (TPSA) is 78.5 Å². The molecule has 0 unspecified atom stereocenters. The molecule has 0 aliphatic carbocycles. The van der Waals surface area contributed by atoms with Gasteiger partial charge in [0.15, 0.2) is 16.5 Å². The summed E-state index contributed by atoms with van der Waals surface area (Å²) in [4.78, 5) is 16.2. The number of thiazole rings is 1. The lowest BCUT2D eigenvalue weighted by Gasteiger charge is -2.31. The van der Waals surface area contributed by atoms with Gasteiger partial charge in [0.05, 0.1) is 34.9 Å². The van der Waals surface area contributed by atoms with Gasteiger partial charge >= 0.3 is 12.4 Å². The Labute approximate surface area is 205 Å². The highest BCUT2D eigenvalue weighted by atomic mass is 32.1. The van der Waals surface area contributed by atoms with Gasteiger partial charge < -0.3 is 15.3 Å². The van der Waals surface area contributed by atoms with Gasteiger partial charge in [-0.3, -0.25) is 0 Å². The van der Waals surface area contributed by atoms with Crippen LogP contribution < -0.4 is 10.2 Å². The lowest BCUT2D eigenvalue weighted by atomic mass is 10.0. The van der Waals surface area contributed by atoms with Crippen LogP contribution in [0.15, 0.2) is 24.5 Å². The van der Waals surface area contributed by atoms with Crippen LogP contribution in [0.25, 0.3) is 4.85 Å². The summed E-state index contributed by atoms with van der Waals surface area (Å²) in [5.74, 6) is 0.226. The molecule has 0 amide bonds. The number of hydrogen-bond donors (Lipinski definition) is 2. The van der Waals surface area contributed by atoms with Crippen LogP contribution in [0.1, 0.15) is 41.2 Å². The molecule has 3 heterocycles. The van der Waals surface area contributed by atoms with Crippen molar-refractivity contribution in [2.75, 3.05) is 16.8 Å². The molecule has 1 aliphatic heterocycles. The summed E-state index contributed by atoms with van der Waals surface area (Å²) in [6, 6.07) is 3.47. The summed E-state index contributed by atoms with van der Waals surface area (Å²) >= 11 is 0.650. The zero-order chi connectivity index (χ0) is 26.5. The van der Waals surface area contributed by atoms with Crippen LogP contribution in [0.5, 0.6) is 0 Å². The third kappa shape index (κ3) is 5.07. The van der Waals surface area contributed by atoms with Gasteiger partial charge in [0.1, 0.15) is 12.1 Å². The van der Waals surface area contributed by atoms with Crippen LogP contribution >= 0.6 is 11.3 Å². The highest BCUT2D eigenvalue weighted by Crippen LogP contribution is 2.43. The molecule has 190 valence electrons. The minimum Gasteiger partial charge on any atom is -0.385 e. The van der Waals surface area contributed by atoms with E-state index in [1.54, 1.807) is 4.90 Å². The summed E-state index contributed by atoms with van der Waals surface area (Å²) in [7, 11) is 0. The van der Waals surface area contributed by atoms with Crippen LogP contribution in [-0.4, -0.2) is 26.6 Å². The van der Waals surface area contributed by atoms with Gasteiger partial charge in [0.25, 0.3) is 0 Å². The van der Waals surface area contributed by atoms with Crippen LogP contribution in [0.3, 0.4) is 0 Å². The summed E-state index contributed by atoms with van der Waals surface area (Å²) in [6.07, 6.45) is -7.97. The fourth-order valence-corrected chi connectivity index (χ4v) is 4.80. The van der Waals surface area contributed by atoms with Gasteiger partial charge in [-0.05, 0) is 32.4 Å². The maximum atomic E-state index is 13.4. The van der Waals surface area contributed by atoms with E-state index in [-0.39, 0.29) is 34.6 Å². The molecule has 2 aromatic heterocycles. The van der Waals surface area contributed by atoms with Crippen molar-refractivity contribution >= 4 is 33.7 Å². The molecule has 2 N–H and O–H groups in total. The first kappa shape index (κ1) is 25.6. The molecule has 1 aromatic carbocycles. The molecule has 4 rings (SSSR count). The van der Waals surface area contributed by atoms with Crippen molar-refractivity contribution in [2.45, 2.75) is 44.8 Å². The Morgan fingerprint density at radius 1 is 1.11 bits per heavy atom. The Balaban J connectivity index is 1.63. The summed E-state index contributed by atoms with van der Waals surface area (Å²) in [6.45, 7) is 9.85. The molecular formula is C22H18F6N6OS. The van der Waals surface area contributed by atoms with Crippen LogP contribution in [0.4, 0.5) is 48.7 Å². The molecule has 0 atom stereocenters. The van der Waals surface area contributed by atoms with E-state index in [0.29, 0.717) is 29.0 Å². The minimum absolute atomic E-state index is 0.118. The first-order valence-electron chi connectivity index (χ1n) is 10.4. The zero-order valence-corrected chi connectivity index (χ0v) is 19.6. The van der Waals surface area contributed by atoms with Gasteiger partial charge in [-0.25, -0.2) is 19.8 Å². The quantitative estimate of drug-likeness (QED) is 0.317. The molecule has 1 aliphatic rings. The predicted molar refractivity (Wildman–Crippen MR) is 120 cm³/mol. The van der Waals surface area contributed by atoms with Gasteiger partial charge in [-0.15, -0.1) is 0 Å². The third-order valence-electron chi connectivity index (χ3n) is 5.45. The molecule has 3 aromatic rings. The number of hydrogen-bond acceptors (Lipinski definition) is 7. The zero-order valence-electron chi connectivity index (χ0n) is 18.8. The van der Waals surface area contributed by atoms with Gasteiger partial charge in [0.2, 0.25) is 0 Å². The molecule has 0 radical (unpaired) electrons. The van der Waals surface area contributed by atoms with Gasteiger partial charge in [-0.1, -0.05) is 17.4 Å². The van der Waals surface area contributed by atoms with E-state index in [1.165, 1.54) is 26.2 Å². The van der Waals surface area contributed by atoms with Crippen LogP contribution in [0, 0.1) is 6.57 Å². The first-order valence-corrected chi connectivity index (χ1v) is 11.2. The number of aliphatic hydroxyl groups is 1. The summed E-state index contributed by atoms with van der Waals surface area (Å²) in [5.41, 5.74) is -3.15. The number of rotatable bonds is 4. The molecule has 7 nitrogen and oxygen atoms in total. The number of aromatic nitrogens is 3. The lowest BCUT2D eigenvalue weighted by Crippen LogP contribution is -2.32. The number of fused-ring (bicyclic) bond motifs is 1. The molecule has 0 spiro atoms. The number of benzene rings is 1. The second kappa shape index (κ2) is 8.90. The fourth-order valence-electron chi connectivity index (χ4n) is 3.81. The number of alkyl halides is 6. The van der Waals surface area contributed by atoms with Crippen molar-refractivity contribution in [1.82, 2.24) is 15.0 Å². The molecular weight excluding hydrogens is 510 g/mol.